The van der Waals surface area contributed by atoms with Crippen molar-refractivity contribution >= 4 is 44.1 Å². The molecule has 0 saturated carbocycles. The molecule has 4 heterocycles. The van der Waals surface area contributed by atoms with Gasteiger partial charge in [0.2, 0.25) is 11.8 Å². The number of carbonyl (C=O) groups is 2. The van der Waals surface area contributed by atoms with Crippen LogP contribution in [0.5, 0.6) is 5.88 Å². The summed E-state index contributed by atoms with van der Waals surface area (Å²) in [4.78, 5) is 40.0. The van der Waals surface area contributed by atoms with E-state index in [0.717, 1.165) is 54.8 Å². The monoisotopic (exact) mass is 648 g/mol. The van der Waals surface area contributed by atoms with Crippen molar-refractivity contribution in [1.29, 1.82) is 0 Å². The molecule has 0 atom stereocenters. The van der Waals surface area contributed by atoms with Crippen molar-refractivity contribution in [3.8, 4) is 17.0 Å². The minimum Gasteiger partial charge on any atom is -0.480 e. The van der Waals surface area contributed by atoms with Gasteiger partial charge in [0.05, 0.1) is 12.6 Å². The molecule has 0 unspecified atom stereocenters. The molecule has 0 aliphatic carbocycles. The summed E-state index contributed by atoms with van der Waals surface area (Å²) in [5.41, 5.74) is 1.98. The van der Waals surface area contributed by atoms with Gasteiger partial charge in [0.25, 0.3) is 10.0 Å². The number of nitrogens with zero attached hydrogens (tertiary/aromatic N) is 5. The van der Waals surface area contributed by atoms with Crippen LogP contribution in [-0.2, 0) is 19.6 Å². The Morgan fingerprint density at radius 2 is 1.74 bits per heavy atom. The fourth-order valence-electron chi connectivity index (χ4n) is 5.94. The third-order valence-electron chi connectivity index (χ3n) is 8.37. The number of likely N-dealkylation sites (tertiary alicyclic amines) is 1. The zero-order valence-electron chi connectivity index (χ0n) is 25.0. The summed E-state index contributed by atoms with van der Waals surface area (Å²) in [6.45, 7) is 4.18. The number of hydrogen-bond donors (Lipinski definition) is 1. The number of fused-ring (bicyclic) bond motifs is 1. The van der Waals surface area contributed by atoms with Crippen molar-refractivity contribution in [2.75, 3.05) is 42.9 Å². The van der Waals surface area contributed by atoms with Gasteiger partial charge in [0.1, 0.15) is 34.4 Å². The minimum absolute atomic E-state index is 0.0282. The Morgan fingerprint density at radius 1 is 0.978 bits per heavy atom. The SMILES string of the molecule is COc1ncc(-c2ccc3ncnc(N4CCC5(CC4)CN(C(=O)/C=C/C(C)=O)C5)c3c2)cc1NS(=O)(=O)c1ccc(F)cc1F. The zero-order valence-corrected chi connectivity index (χ0v) is 25.9. The highest BCUT2D eigenvalue weighted by molar-refractivity contribution is 7.92. The van der Waals surface area contributed by atoms with E-state index in [0.29, 0.717) is 30.3 Å². The maximum atomic E-state index is 14.3. The highest BCUT2D eigenvalue weighted by Gasteiger charge is 2.46. The van der Waals surface area contributed by atoms with Crippen LogP contribution >= 0.6 is 0 Å². The zero-order chi connectivity index (χ0) is 32.6. The van der Waals surface area contributed by atoms with Crippen molar-refractivity contribution in [3.05, 3.63) is 78.8 Å². The molecule has 2 aromatic heterocycles. The summed E-state index contributed by atoms with van der Waals surface area (Å²) < 4.78 is 61.3. The van der Waals surface area contributed by atoms with Crippen LogP contribution in [0.25, 0.3) is 22.0 Å². The number of hydrogen-bond acceptors (Lipinski definition) is 9. The molecular weight excluding hydrogens is 618 g/mol. The smallest absolute Gasteiger partial charge is 0.264 e. The van der Waals surface area contributed by atoms with Gasteiger partial charge in [0.15, 0.2) is 5.78 Å². The van der Waals surface area contributed by atoms with Gasteiger partial charge in [-0.3, -0.25) is 14.3 Å². The Morgan fingerprint density at radius 3 is 2.43 bits per heavy atom. The summed E-state index contributed by atoms with van der Waals surface area (Å²) in [7, 11) is -3.12. The molecule has 2 aliphatic heterocycles. The molecular formula is C32H30F2N6O5S. The number of methoxy groups -OCH3 is 1. The third kappa shape index (κ3) is 6.12. The van der Waals surface area contributed by atoms with Crippen molar-refractivity contribution in [2.24, 2.45) is 5.41 Å². The molecule has 238 valence electrons. The summed E-state index contributed by atoms with van der Waals surface area (Å²) in [6, 6.07) is 9.29. The molecule has 4 aromatic rings. The number of anilines is 2. The van der Waals surface area contributed by atoms with Gasteiger partial charge in [-0.05, 0) is 61.7 Å². The van der Waals surface area contributed by atoms with Crippen LogP contribution in [0.15, 0.2) is 72.0 Å². The van der Waals surface area contributed by atoms with E-state index in [-0.39, 0.29) is 28.7 Å². The number of pyridine rings is 1. The van der Waals surface area contributed by atoms with Gasteiger partial charge in [-0.2, -0.15) is 0 Å². The molecule has 1 amide bonds. The van der Waals surface area contributed by atoms with E-state index in [1.54, 1.807) is 4.90 Å². The van der Waals surface area contributed by atoms with Crippen LogP contribution in [0.1, 0.15) is 19.8 Å². The topological polar surface area (TPSA) is 135 Å². The van der Waals surface area contributed by atoms with E-state index in [1.807, 2.05) is 18.2 Å². The highest BCUT2D eigenvalue weighted by atomic mass is 32.2. The number of piperidine rings is 1. The first-order valence-corrected chi connectivity index (χ1v) is 15.9. The van der Waals surface area contributed by atoms with E-state index < -0.39 is 26.6 Å². The second-order valence-corrected chi connectivity index (χ2v) is 13.2. The predicted octanol–water partition coefficient (Wildman–Crippen LogP) is 4.35. The molecule has 1 spiro atoms. The van der Waals surface area contributed by atoms with Gasteiger partial charge in [-0.1, -0.05) is 6.07 Å². The second-order valence-electron chi connectivity index (χ2n) is 11.5. The Bertz CT molecular complexity index is 1990. The predicted molar refractivity (Wildman–Crippen MR) is 167 cm³/mol. The average molecular weight is 649 g/mol. The lowest BCUT2D eigenvalue weighted by atomic mass is 9.72. The first-order chi connectivity index (χ1) is 22.0. The van der Waals surface area contributed by atoms with Crippen LogP contribution < -0.4 is 14.4 Å². The third-order valence-corrected chi connectivity index (χ3v) is 9.77. The largest absolute Gasteiger partial charge is 0.480 e. The molecule has 14 heteroatoms. The van der Waals surface area contributed by atoms with Gasteiger partial charge in [-0.25, -0.2) is 32.2 Å². The first kappa shape index (κ1) is 31.0. The van der Waals surface area contributed by atoms with Crippen LogP contribution in [-0.4, -0.2) is 73.2 Å². The van der Waals surface area contributed by atoms with Crippen molar-refractivity contribution in [1.82, 2.24) is 19.9 Å². The lowest BCUT2D eigenvalue weighted by Gasteiger charge is -2.54. The van der Waals surface area contributed by atoms with Crippen LogP contribution in [0.2, 0.25) is 0 Å². The Labute approximate surface area is 264 Å². The molecule has 46 heavy (non-hydrogen) atoms. The standard InChI is InChI=1S/C32H30F2N6O5S/c1-20(41)3-8-29(42)40-17-32(18-40)9-11-39(12-10-32)30-24-13-21(4-6-26(24)36-19-37-30)22-14-27(31(45-2)35-16-22)38-46(43,44)28-7-5-23(33)15-25(28)34/h3-8,13-16,19,38H,9-12,17-18H2,1-2H3/b8-3+. The van der Waals surface area contributed by atoms with E-state index >= 15 is 0 Å². The quantitative estimate of drug-likeness (QED) is 0.277. The van der Waals surface area contributed by atoms with E-state index in [2.05, 4.69) is 24.6 Å². The Balaban J connectivity index is 1.23. The molecule has 2 fully saturated rings. The molecule has 0 radical (unpaired) electrons. The highest BCUT2D eigenvalue weighted by Crippen LogP contribution is 2.42. The van der Waals surface area contributed by atoms with Gasteiger partial charge in [0, 0.05) is 60.9 Å². The molecule has 11 nitrogen and oxygen atoms in total. The number of rotatable bonds is 8. The summed E-state index contributed by atoms with van der Waals surface area (Å²) >= 11 is 0. The maximum absolute atomic E-state index is 14.3. The number of sulfonamides is 1. The van der Waals surface area contributed by atoms with Crippen LogP contribution in [0.3, 0.4) is 0 Å². The van der Waals surface area contributed by atoms with Crippen molar-refractivity contribution in [2.45, 2.75) is 24.7 Å². The fourth-order valence-corrected chi connectivity index (χ4v) is 7.04. The number of nitrogens with one attached hydrogen (secondary N) is 1. The van der Waals surface area contributed by atoms with E-state index in [9.17, 15) is 26.8 Å². The number of benzene rings is 2. The fraction of sp³-hybridized carbons (Fsp3) is 0.281. The van der Waals surface area contributed by atoms with Gasteiger partial charge < -0.3 is 14.5 Å². The number of amides is 1. The number of carbonyl (C=O) groups excluding carboxylic acids is 2. The van der Waals surface area contributed by atoms with E-state index in [4.69, 9.17) is 4.74 Å². The Kier molecular flexibility index (Phi) is 8.15. The number of halogens is 2. The summed E-state index contributed by atoms with van der Waals surface area (Å²) in [5.74, 6) is -1.72. The number of ether oxygens (including phenoxy) is 1. The molecule has 2 saturated heterocycles. The molecule has 2 aromatic carbocycles. The molecule has 0 bridgehead atoms. The van der Waals surface area contributed by atoms with Crippen LogP contribution in [0.4, 0.5) is 20.3 Å². The first-order valence-electron chi connectivity index (χ1n) is 14.5. The second kappa shape index (κ2) is 12.1. The molecule has 6 rings (SSSR count). The lowest BCUT2D eigenvalue weighted by molar-refractivity contribution is -0.139. The normalized spacial score (nSPS) is 16.1. The molecule has 1 N–H and O–H groups in total. The number of ketones is 1. The van der Waals surface area contributed by atoms with Gasteiger partial charge in [-0.15, -0.1) is 0 Å². The summed E-state index contributed by atoms with van der Waals surface area (Å²) in [6.07, 6.45) is 7.41. The average Bonchev–Trinajstić information content (AvgIpc) is 3.01. The van der Waals surface area contributed by atoms with Crippen molar-refractivity contribution < 1.29 is 31.5 Å². The van der Waals surface area contributed by atoms with Crippen molar-refractivity contribution in [3.63, 3.8) is 0 Å². The summed E-state index contributed by atoms with van der Waals surface area (Å²) in [5, 5.41) is 0.794. The minimum atomic E-state index is -4.45. The van der Waals surface area contributed by atoms with E-state index in [1.165, 1.54) is 44.8 Å². The number of allylic oxidation sites excluding steroid dienone is 1. The Hall–Kier alpha value is -4.98. The molecule has 2 aliphatic rings. The lowest BCUT2D eigenvalue weighted by Crippen LogP contribution is -2.61. The van der Waals surface area contributed by atoms with Gasteiger partial charge >= 0.3 is 0 Å². The maximum Gasteiger partial charge on any atom is 0.264 e. The van der Waals surface area contributed by atoms with Crippen LogP contribution in [0, 0.1) is 17.0 Å². The number of aromatic nitrogens is 3.